The van der Waals surface area contributed by atoms with Crippen LogP contribution in [0, 0.1) is 11.3 Å². The van der Waals surface area contributed by atoms with E-state index in [9.17, 15) is 4.79 Å². The van der Waals surface area contributed by atoms with Gasteiger partial charge in [0.25, 0.3) is 0 Å². The van der Waals surface area contributed by atoms with Crippen molar-refractivity contribution in [2.24, 2.45) is 17.1 Å². The van der Waals surface area contributed by atoms with Crippen molar-refractivity contribution in [1.29, 1.82) is 0 Å². The maximum Gasteiger partial charge on any atom is 0.313 e. The lowest BCUT2D eigenvalue weighted by Crippen LogP contribution is -2.45. The average Bonchev–Trinajstić information content (AvgIpc) is 3.09. The van der Waals surface area contributed by atoms with Crippen LogP contribution in [-0.4, -0.2) is 30.6 Å². The highest BCUT2D eigenvalue weighted by Crippen LogP contribution is 2.52. The van der Waals surface area contributed by atoms with E-state index in [1.807, 2.05) is 11.8 Å². The Bertz CT molecular complexity index is 247. The summed E-state index contributed by atoms with van der Waals surface area (Å²) in [7, 11) is 1.46. The number of ether oxygens (including phenoxy) is 1. The van der Waals surface area contributed by atoms with E-state index in [-0.39, 0.29) is 17.4 Å². The topological polar surface area (TPSA) is 52.3 Å². The summed E-state index contributed by atoms with van der Waals surface area (Å²) in [5.41, 5.74) is 5.93. The molecule has 0 aromatic rings. The Kier molecular flexibility index (Phi) is 3.26. The third-order valence-corrected chi connectivity index (χ3v) is 4.96. The summed E-state index contributed by atoms with van der Waals surface area (Å²) in [6.07, 6.45) is 4.25. The van der Waals surface area contributed by atoms with E-state index in [4.69, 9.17) is 10.5 Å². The molecule has 0 aromatic carbocycles. The van der Waals surface area contributed by atoms with Gasteiger partial charge in [-0.3, -0.25) is 4.79 Å². The molecule has 0 radical (unpaired) electrons. The highest BCUT2D eigenvalue weighted by molar-refractivity contribution is 7.99. The molecule has 2 atom stereocenters. The molecule has 1 saturated carbocycles. The molecule has 1 aliphatic heterocycles. The van der Waals surface area contributed by atoms with Crippen LogP contribution in [0.5, 0.6) is 0 Å². The first-order valence-corrected chi connectivity index (χ1v) is 6.78. The second kappa shape index (κ2) is 4.34. The molecular weight excluding hydrogens is 210 g/mol. The molecule has 2 rings (SSSR count). The van der Waals surface area contributed by atoms with Gasteiger partial charge in [0.05, 0.1) is 12.5 Å². The van der Waals surface area contributed by atoms with Crippen LogP contribution >= 0.6 is 11.8 Å². The first-order chi connectivity index (χ1) is 7.20. The van der Waals surface area contributed by atoms with Gasteiger partial charge in [-0.1, -0.05) is 0 Å². The fourth-order valence-corrected chi connectivity index (χ4v) is 3.73. The van der Waals surface area contributed by atoms with Gasteiger partial charge in [-0.25, -0.2) is 0 Å². The fraction of sp³-hybridized carbons (Fsp3) is 0.909. The maximum absolute atomic E-state index is 11.7. The summed E-state index contributed by atoms with van der Waals surface area (Å²) >= 11 is 1.96. The van der Waals surface area contributed by atoms with Crippen LogP contribution < -0.4 is 5.73 Å². The molecule has 0 spiro atoms. The highest BCUT2D eigenvalue weighted by atomic mass is 32.2. The molecule has 1 saturated heterocycles. The minimum atomic E-state index is -0.322. The van der Waals surface area contributed by atoms with Crippen molar-refractivity contribution in [2.45, 2.75) is 31.7 Å². The van der Waals surface area contributed by atoms with Crippen molar-refractivity contribution in [3.8, 4) is 0 Å². The number of rotatable bonds is 3. The van der Waals surface area contributed by atoms with Gasteiger partial charge < -0.3 is 10.5 Å². The highest BCUT2D eigenvalue weighted by Gasteiger charge is 2.57. The summed E-state index contributed by atoms with van der Waals surface area (Å²) in [6, 6.07) is 0.0118. The molecule has 2 N–H and O–H groups in total. The predicted molar refractivity (Wildman–Crippen MR) is 61.7 cm³/mol. The zero-order valence-electron chi connectivity index (χ0n) is 9.20. The van der Waals surface area contributed by atoms with Gasteiger partial charge in [-0.2, -0.15) is 11.8 Å². The summed E-state index contributed by atoms with van der Waals surface area (Å²) < 4.78 is 4.86. The van der Waals surface area contributed by atoms with E-state index in [0.717, 1.165) is 18.6 Å². The molecule has 0 aromatic heterocycles. The van der Waals surface area contributed by atoms with Gasteiger partial charge >= 0.3 is 5.97 Å². The second-order valence-corrected chi connectivity index (χ2v) is 5.80. The average molecular weight is 229 g/mol. The van der Waals surface area contributed by atoms with E-state index in [1.54, 1.807) is 0 Å². The Labute approximate surface area is 95.1 Å². The number of hydrogen-bond acceptors (Lipinski definition) is 4. The van der Waals surface area contributed by atoms with Crippen molar-refractivity contribution in [3.05, 3.63) is 0 Å². The first-order valence-electron chi connectivity index (χ1n) is 5.62. The van der Waals surface area contributed by atoms with Crippen LogP contribution in [-0.2, 0) is 9.53 Å². The van der Waals surface area contributed by atoms with Gasteiger partial charge in [-0.05, 0) is 43.1 Å². The lowest BCUT2D eigenvalue weighted by atomic mass is 9.84. The van der Waals surface area contributed by atoms with E-state index in [2.05, 4.69) is 0 Å². The molecule has 2 aliphatic rings. The Morgan fingerprint density at radius 3 is 2.80 bits per heavy atom. The maximum atomic E-state index is 11.7. The quantitative estimate of drug-likeness (QED) is 0.743. The van der Waals surface area contributed by atoms with Gasteiger partial charge in [0, 0.05) is 6.04 Å². The molecular formula is C11H19NO2S. The second-order valence-electron chi connectivity index (χ2n) is 4.65. The smallest absolute Gasteiger partial charge is 0.313 e. The van der Waals surface area contributed by atoms with Crippen LogP contribution in [0.1, 0.15) is 25.7 Å². The first kappa shape index (κ1) is 11.3. The van der Waals surface area contributed by atoms with Gasteiger partial charge in [0.2, 0.25) is 0 Å². The Balaban J connectivity index is 2.00. The Morgan fingerprint density at radius 2 is 2.33 bits per heavy atom. The Hall–Kier alpha value is -0.220. The lowest BCUT2D eigenvalue weighted by Gasteiger charge is -2.31. The van der Waals surface area contributed by atoms with E-state index < -0.39 is 0 Å². The summed E-state index contributed by atoms with van der Waals surface area (Å²) in [5.74, 6) is 2.77. The number of carbonyl (C=O) groups excluding carboxylic acids is 1. The number of carbonyl (C=O) groups is 1. The molecule has 2 unspecified atom stereocenters. The molecule has 1 heterocycles. The van der Waals surface area contributed by atoms with E-state index in [1.165, 1.54) is 25.7 Å². The van der Waals surface area contributed by atoms with Crippen molar-refractivity contribution in [2.75, 3.05) is 18.6 Å². The SMILES string of the molecule is COC(=O)C1(C(N)C2CCCSC2)CC1. The van der Waals surface area contributed by atoms with Crippen molar-refractivity contribution in [3.63, 3.8) is 0 Å². The van der Waals surface area contributed by atoms with Gasteiger partial charge in [-0.15, -0.1) is 0 Å². The number of esters is 1. The van der Waals surface area contributed by atoms with E-state index >= 15 is 0 Å². The van der Waals surface area contributed by atoms with Crippen LogP contribution in [0.2, 0.25) is 0 Å². The zero-order valence-corrected chi connectivity index (χ0v) is 10.0. The molecule has 4 heteroatoms. The Morgan fingerprint density at radius 1 is 1.60 bits per heavy atom. The minimum Gasteiger partial charge on any atom is -0.469 e. The normalized spacial score (nSPS) is 30.7. The molecule has 1 aliphatic carbocycles. The summed E-state index contributed by atoms with van der Waals surface area (Å²) in [6.45, 7) is 0. The molecule has 86 valence electrons. The predicted octanol–water partition coefficient (Wildman–Crippen LogP) is 1.41. The zero-order chi connectivity index (χ0) is 10.9. The monoisotopic (exact) mass is 229 g/mol. The molecule has 0 bridgehead atoms. The van der Waals surface area contributed by atoms with Crippen molar-refractivity contribution >= 4 is 17.7 Å². The lowest BCUT2D eigenvalue weighted by molar-refractivity contribution is -0.148. The standard InChI is InChI=1S/C11H19NO2S/c1-14-10(13)11(4-5-11)9(12)8-3-2-6-15-7-8/h8-9H,2-7,12H2,1H3. The number of hydrogen-bond donors (Lipinski definition) is 1. The van der Waals surface area contributed by atoms with Gasteiger partial charge in [0.1, 0.15) is 0 Å². The third kappa shape index (κ3) is 2.02. The number of nitrogens with two attached hydrogens (primary N) is 1. The summed E-state index contributed by atoms with van der Waals surface area (Å²) in [5, 5.41) is 0. The van der Waals surface area contributed by atoms with Crippen molar-refractivity contribution < 1.29 is 9.53 Å². The number of methoxy groups -OCH3 is 1. The fourth-order valence-electron chi connectivity index (χ4n) is 2.51. The minimum absolute atomic E-state index is 0.0118. The summed E-state index contributed by atoms with van der Waals surface area (Å²) in [4.78, 5) is 11.7. The van der Waals surface area contributed by atoms with Crippen LogP contribution in [0.15, 0.2) is 0 Å². The molecule has 15 heavy (non-hydrogen) atoms. The molecule has 0 amide bonds. The van der Waals surface area contributed by atoms with Crippen molar-refractivity contribution in [1.82, 2.24) is 0 Å². The largest absolute Gasteiger partial charge is 0.469 e. The van der Waals surface area contributed by atoms with Crippen LogP contribution in [0.4, 0.5) is 0 Å². The third-order valence-electron chi connectivity index (χ3n) is 3.72. The van der Waals surface area contributed by atoms with Gasteiger partial charge in [0.15, 0.2) is 0 Å². The van der Waals surface area contributed by atoms with Crippen LogP contribution in [0.3, 0.4) is 0 Å². The molecule has 2 fully saturated rings. The van der Waals surface area contributed by atoms with Crippen LogP contribution in [0.25, 0.3) is 0 Å². The number of thioether (sulfide) groups is 1. The van der Waals surface area contributed by atoms with E-state index in [0.29, 0.717) is 5.92 Å². The molecule has 3 nitrogen and oxygen atoms in total.